The highest BCUT2D eigenvalue weighted by molar-refractivity contribution is 5.60. The van der Waals surface area contributed by atoms with Crippen molar-refractivity contribution in [2.24, 2.45) is 0 Å². The van der Waals surface area contributed by atoms with Crippen LogP contribution in [0.3, 0.4) is 0 Å². The molecule has 0 fully saturated rings. The van der Waals surface area contributed by atoms with Gasteiger partial charge in [-0.05, 0) is 48.6 Å². The lowest BCUT2D eigenvalue weighted by Crippen LogP contribution is -2.11. The first-order valence-corrected chi connectivity index (χ1v) is 5.96. The fourth-order valence-corrected chi connectivity index (χ4v) is 2.38. The van der Waals surface area contributed by atoms with E-state index in [9.17, 15) is 0 Å². The summed E-state index contributed by atoms with van der Waals surface area (Å²) in [6.07, 6.45) is 7.08. The smallest absolute Gasteiger partial charge is 0.136 e. The molecule has 86 valence electrons. The van der Waals surface area contributed by atoms with E-state index in [-0.39, 0.29) is 0 Å². The van der Waals surface area contributed by atoms with Gasteiger partial charge in [-0.15, -0.1) is 0 Å². The summed E-state index contributed by atoms with van der Waals surface area (Å²) in [4.78, 5) is 10.3. The van der Waals surface area contributed by atoms with Crippen molar-refractivity contribution in [2.75, 3.05) is 11.9 Å². The SMILES string of the molecule is CN(c1ccc2c(c1)CCC2)c1ccncn1. The third-order valence-corrected chi connectivity index (χ3v) is 3.38. The van der Waals surface area contributed by atoms with Gasteiger partial charge in [0, 0.05) is 18.9 Å². The second kappa shape index (κ2) is 4.17. The topological polar surface area (TPSA) is 29.0 Å². The highest BCUT2D eigenvalue weighted by atomic mass is 15.2. The van der Waals surface area contributed by atoms with Crippen LogP contribution in [-0.4, -0.2) is 17.0 Å². The van der Waals surface area contributed by atoms with Gasteiger partial charge in [0.05, 0.1) is 0 Å². The summed E-state index contributed by atoms with van der Waals surface area (Å²) in [6.45, 7) is 0. The van der Waals surface area contributed by atoms with E-state index in [4.69, 9.17) is 0 Å². The van der Waals surface area contributed by atoms with Gasteiger partial charge in [0.2, 0.25) is 0 Å². The number of anilines is 2. The van der Waals surface area contributed by atoms with Crippen LogP contribution in [0.25, 0.3) is 0 Å². The van der Waals surface area contributed by atoms with Crippen LogP contribution in [-0.2, 0) is 12.8 Å². The molecular formula is C14H15N3. The van der Waals surface area contributed by atoms with E-state index in [1.165, 1.54) is 36.1 Å². The van der Waals surface area contributed by atoms with E-state index in [1.54, 1.807) is 12.5 Å². The van der Waals surface area contributed by atoms with Crippen molar-refractivity contribution in [1.82, 2.24) is 9.97 Å². The Balaban J connectivity index is 1.94. The van der Waals surface area contributed by atoms with E-state index in [1.807, 2.05) is 13.1 Å². The molecule has 2 aromatic rings. The van der Waals surface area contributed by atoms with E-state index < -0.39 is 0 Å². The zero-order chi connectivity index (χ0) is 11.7. The molecule has 0 N–H and O–H groups in total. The first-order chi connectivity index (χ1) is 8.34. The van der Waals surface area contributed by atoms with Gasteiger partial charge < -0.3 is 4.90 Å². The van der Waals surface area contributed by atoms with E-state index in [0.717, 1.165) is 5.82 Å². The van der Waals surface area contributed by atoms with Crippen molar-refractivity contribution >= 4 is 11.5 Å². The van der Waals surface area contributed by atoms with Crippen molar-refractivity contribution in [1.29, 1.82) is 0 Å². The predicted octanol–water partition coefficient (Wildman–Crippen LogP) is 2.73. The molecule has 1 aliphatic carbocycles. The fraction of sp³-hybridized carbons (Fsp3) is 0.286. The Morgan fingerprint density at radius 3 is 2.82 bits per heavy atom. The number of fused-ring (bicyclic) bond motifs is 1. The van der Waals surface area contributed by atoms with E-state index >= 15 is 0 Å². The summed E-state index contributed by atoms with van der Waals surface area (Å²) in [5.41, 5.74) is 4.19. The number of rotatable bonds is 2. The molecule has 0 radical (unpaired) electrons. The average molecular weight is 225 g/mol. The Hall–Kier alpha value is -1.90. The minimum Gasteiger partial charge on any atom is -0.329 e. The first-order valence-electron chi connectivity index (χ1n) is 5.96. The normalized spacial score (nSPS) is 13.5. The van der Waals surface area contributed by atoms with Crippen molar-refractivity contribution in [2.45, 2.75) is 19.3 Å². The highest BCUT2D eigenvalue weighted by Crippen LogP contribution is 2.28. The lowest BCUT2D eigenvalue weighted by atomic mass is 10.1. The Morgan fingerprint density at radius 2 is 2.00 bits per heavy atom. The Bertz CT molecular complexity index is 522. The quantitative estimate of drug-likeness (QED) is 0.787. The molecule has 0 atom stereocenters. The largest absolute Gasteiger partial charge is 0.329 e. The number of aromatic nitrogens is 2. The van der Waals surface area contributed by atoms with Gasteiger partial charge in [0.1, 0.15) is 12.1 Å². The zero-order valence-electron chi connectivity index (χ0n) is 9.93. The van der Waals surface area contributed by atoms with Crippen LogP contribution < -0.4 is 4.90 Å². The molecule has 3 nitrogen and oxygen atoms in total. The molecule has 0 aliphatic heterocycles. The van der Waals surface area contributed by atoms with Crippen LogP contribution >= 0.6 is 0 Å². The van der Waals surface area contributed by atoms with Gasteiger partial charge in [0.15, 0.2) is 0 Å². The van der Waals surface area contributed by atoms with Crippen LogP contribution in [0.5, 0.6) is 0 Å². The van der Waals surface area contributed by atoms with E-state index in [0.29, 0.717) is 0 Å². The molecule has 1 aliphatic rings. The molecular weight excluding hydrogens is 210 g/mol. The second-order valence-corrected chi connectivity index (χ2v) is 4.43. The minimum atomic E-state index is 0.929. The fourth-order valence-electron chi connectivity index (χ4n) is 2.38. The summed E-state index contributed by atoms with van der Waals surface area (Å²) in [5, 5.41) is 0. The van der Waals surface area contributed by atoms with Crippen LogP contribution in [0, 0.1) is 0 Å². The highest BCUT2D eigenvalue weighted by Gasteiger charge is 2.13. The molecule has 1 heterocycles. The molecule has 0 amide bonds. The first kappa shape index (κ1) is 10.3. The third-order valence-electron chi connectivity index (χ3n) is 3.38. The summed E-state index contributed by atoms with van der Waals surface area (Å²) in [6, 6.07) is 8.62. The minimum absolute atomic E-state index is 0.929. The molecule has 3 rings (SSSR count). The van der Waals surface area contributed by atoms with Gasteiger partial charge in [-0.1, -0.05) is 6.07 Å². The predicted molar refractivity (Wildman–Crippen MR) is 68.6 cm³/mol. The third kappa shape index (κ3) is 1.88. The maximum atomic E-state index is 4.26. The second-order valence-electron chi connectivity index (χ2n) is 4.43. The number of aryl methyl sites for hydroxylation is 2. The Labute approximate surface area is 101 Å². The number of nitrogens with zero attached hydrogens (tertiary/aromatic N) is 3. The lowest BCUT2D eigenvalue weighted by Gasteiger charge is -2.18. The standard InChI is InChI=1S/C14H15N3/c1-17(14-7-8-15-10-16-14)13-6-5-11-3-2-4-12(11)9-13/h5-10H,2-4H2,1H3. The number of benzene rings is 1. The molecule has 1 aromatic carbocycles. The monoisotopic (exact) mass is 225 g/mol. The Morgan fingerprint density at radius 1 is 1.12 bits per heavy atom. The van der Waals surface area contributed by atoms with Crippen molar-refractivity contribution < 1.29 is 0 Å². The van der Waals surface area contributed by atoms with Crippen LogP contribution in [0.15, 0.2) is 36.8 Å². The van der Waals surface area contributed by atoms with Gasteiger partial charge >= 0.3 is 0 Å². The lowest BCUT2D eigenvalue weighted by molar-refractivity contribution is 0.911. The molecule has 0 spiro atoms. The van der Waals surface area contributed by atoms with Gasteiger partial charge in [0.25, 0.3) is 0 Å². The summed E-state index contributed by atoms with van der Waals surface area (Å²) >= 11 is 0. The average Bonchev–Trinajstić information content (AvgIpc) is 2.86. The number of hydrogen-bond donors (Lipinski definition) is 0. The zero-order valence-corrected chi connectivity index (χ0v) is 9.93. The van der Waals surface area contributed by atoms with Crippen LogP contribution in [0.1, 0.15) is 17.5 Å². The number of hydrogen-bond acceptors (Lipinski definition) is 3. The van der Waals surface area contributed by atoms with Crippen LogP contribution in [0.4, 0.5) is 11.5 Å². The van der Waals surface area contributed by atoms with Crippen molar-refractivity contribution in [3.8, 4) is 0 Å². The van der Waals surface area contributed by atoms with Crippen molar-refractivity contribution in [3.05, 3.63) is 47.9 Å². The molecule has 17 heavy (non-hydrogen) atoms. The molecule has 0 saturated carbocycles. The maximum Gasteiger partial charge on any atom is 0.136 e. The van der Waals surface area contributed by atoms with Gasteiger partial charge in [-0.2, -0.15) is 0 Å². The van der Waals surface area contributed by atoms with E-state index in [2.05, 4.69) is 33.1 Å². The molecule has 0 saturated heterocycles. The molecule has 1 aromatic heterocycles. The molecule has 3 heteroatoms. The Kier molecular flexibility index (Phi) is 2.52. The molecule has 0 unspecified atom stereocenters. The summed E-state index contributed by atoms with van der Waals surface area (Å²) in [7, 11) is 2.04. The summed E-state index contributed by atoms with van der Waals surface area (Å²) < 4.78 is 0. The van der Waals surface area contributed by atoms with Crippen molar-refractivity contribution in [3.63, 3.8) is 0 Å². The van der Waals surface area contributed by atoms with Gasteiger partial charge in [-0.3, -0.25) is 0 Å². The maximum absolute atomic E-state index is 4.26. The molecule has 0 bridgehead atoms. The van der Waals surface area contributed by atoms with Gasteiger partial charge in [-0.25, -0.2) is 9.97 Å². The van der Waals surface area contributed by atoms with Crippen LogP contribution in [0.2, 0.25) is 0 Å². The summed E-state index contributed by atoms with van der Waals surface area (Å²) in [5.74, 6) is 0.929.